The van der Waals surface area contributed by atoms with Crippen molar-refractivity contribution >= 4 is 29.9 Å². The highest BCUT2D eigenvalue weighted by Crippen LogP contribution is 2.19. The molecular formula is C17H37IN4. The molecule has 5 heteroatoms. The molecule has 1 aliphatic rings. The van der Waals surface area contributed by atoms with Crippen molar-refractivity contribution in [2.75, 3.05) is 33.2 Å². The SMILES string of the molecule is CCCN1CCC(NC(=NC)NCCCC(C)(C)C)CC1.I. The molecule has 0 saturated carbocycles. The Balaban J connectivity index is 0.00000441. The van der Waals surface area contributed by atoms with Crippen molar-refractivity contribution < 1.29 is 0 Å². The Morgan fingerprint density at radius 3 is 2.36 bits per heavy atom. The van der Waals surface area contributed by atoms with Crippen LogP contribution < -0.4 is 10.6 Å². The van der Waals surface area contributed by atoms with Crippen molar-refractivity contribution in [1.29, 1.82) is 0 Å². The Morgan fingerprint density at radius 1 is 1.23 bits per heavy atom. The lowest BCUT2D eigenvalue weighted by Crippen LogP contribution is -2.48. The summed E-state index contributed by atoms with van der Waals surface area (Å²) >= 11 is 0. The van der Waals surface area contributed by atoms with Crippen molar-refractivity contribution in [3.8, 4) is 0 Å². The molecule has 22 heavy (non-hydrogen) atoms. The van der Waals surface area contributed by atoms with Crippen LogP contribution >= 0.6 is 24.0 Å². The number of hydrogen-bond donors (Lipinski definition) is 2. The van der Waals surface area contributed by atoms with Gasteiger partial charge in [0.05, 0.1) is 0 Å². The Morgan fingerprint density at radius 2 is 1.86 bits per heavy atom. The average Bonchev–Trinajstić information content (AvgIpc) is 2.43. The van der Waals surface area contributed by atoms with E-state index in [1.54, 1.807) is 0 Å². The van der Waals surface area contributed by atoms with Gasteiger partial charge in [0.15, 0.2) is 5.96 Å². The van der Waals surface area contributed by atoms with Gasteiger partial charge in [0.25, 0.3) is 0 Å². The van der Waals surface area contributed by atoms with Gasteiger partial charge in [-0.3, -0.25) is 4.99 Å². The van der Waals surface area contributed by atoms with E-state index in [0.717, 1.165) is 12.5 Å². The van der Waals surface area contributed by atoms with Crippen LogP contribution in [0.2, 0.25) is 0 Å². The first-order chi connectivity index (χ1) is 9.94. The molecule has 1 rings (SSSR count). The summed E-state index contributed by atoms with van der Waals surface area (Å²) in [5.74, 6) is 0.970. The van der Waals surface area contributed by atoms with Crippen molar-refractivity contribution in [2.24, 2.45) is 10.4 Å². The molecule has 1 saturated heterocycles. The second kappa shape index (κ2) is 11.5. The summed E-state index contributed by atoms with van der Waals surface area (Å²) in [4.78, 5) is 6.92. The molecule has 1 aliphatic heterocycles. The fourth-order valence-corrected chi connectivity index (χ4v) is 2.83. The molecule has 4 nitrogen and oxygen atoms in total. The Kier molecular flexibility index (Phi) is 11.5. The van der Waals surface area contributed by atoms with E-state index in [1.165, 1.54) is 51.7 Å². The van der Waals surface area contributed by atoms with Gasteiger partial charge in [0, 0.05) is 32.7 Å². The summed E-state index contributed by atoms with van der Waals surface area (Å²) in [5, 5.41) is 7.03. The Labute approximate surface area is 154 Å². The maximum Gasteiger partial charge on any atom is 0.191 e. The van der Waals surface area contributed by atoms with E-state index in [-0.39, 0.29) is 24.0 Å². The van der Waals surface area contributed by atoms with E-state index in [9.17, 15) is 0 Å². The second-order valence-electron chi connectivity index (χ2n) is 7.42. The topological polar surface area (TPSA) is 39.7 Å². The molecule has 0 spiro atoms. The lowest BCUT2D eigenvalue weighted by molar-refractivity contribution is 0.206. The zero-order valence-electron chi connectivity index (χ0n) is 15.2. The van der Waals surface area contributed by atoms with Gasteiger partial charge in [-0.2, -0.15) is 0 Å². The normalized spacial score (nSPS) is 18.0. The quantitative estimate of drug-likeness (QED) is 0.297. The monoisotopic (exact) mass is 424 g/mol. The number of hydrogen-bond acceptors (Lipinski definition) is 2. The third-order valence-electron chi connectivity index (χ3n) is 4.09. The van der Waals surface area contributed by atoms with Gasteiger partial charge in [-0.15, -0.1) is 24.0 Å². The van der Waals surface area contributed by atoms with Crippen LogP contribution in [0.15, 0.2) is 4.99 Å². The van der Waals surface area contributed by atoms with Crippen LogP contribution in [-0.2, 0) is 0 Å². The minimum Gasteiger partial charge on any atom is -0.356 e. The lowest BCUT2D eigenvalue weighted by Gasteiger charge is -2.32. The van der Waals surface area contributed by atoms with E-state index < -0.39 is 0 Å². The molecular weight excluding hydrogens is 387 g/mol. The van der Waals surface area contributed by atoms with E-state index in [2.05, 4.69) is 48.2 Å². The smallest absolute Gasteiger partial charge is 0.191 e. The standard InChI is InChI=1S/C17H36N4.HI/c1-6-12-21-13-8-15(9-14-21)20-16(18-5)19-11-7-10-17(2,3)4;/h15H,6-14H2,1-5H3,(H2,18,19,20);1H. The molecule has 0 atom stereocenters. The molecule has 0 aliphatic carbocycles. The van der Waals surface area contributed by atoms with Gasteiger partial charge in [-0.25, -0.2) is 0 Å². The molecule has 0 aromatic carbocycles. The highest BCUT2D eigenvalue weighted by molar-refractivity contribution is 14.0. The molecule has 1 heterocycles. The molecule has 132 valence electrons. The summed E-state index contributed by atoms with van der Waals surface area (Å²) < 4.78 is 0. The Hall–Kier alpha value is -0.0400. The summed E-state index contributed by atoms with van der Waals surface area (Å²) in [6.45, 7) is 13.8. The third-order valence-corrected chi connectivity index (χ3v) is 4.09. The Bertz CT molecular complexity index is 304. The first kappa shape index (κ1) is 22.0. The largest absolute Gasteiger partial charge is 0.356 e. The predicted octanol–water partition coefficient (Wildman–Crippen LogP) is 3.47. The fourth-order valence-electron chi connectivity index (χ4n) is 2.83. The molecule has 0 amide bonds. The third kappa shape index (κ3) is 9.87. The van der Waals surface area contributed by atoms with Crippen molar-refractivity contribution in [1.82, 2.24) is 15.5 Å². The van der Waals surface area contributed by atoms with E-state index in [4.69, 9.17) is 0 Å². The highest BCUT2D eigenvalue weighted by Gasteiger charge is 2.19. The van der Waals surface area contributed by atoms with Crippen LogP contribution in [-0.4, -0.2) is 50.1 Å². The van der Waals surface area contributed by atoms with E-state index >= 15 is 0 Å². The summed E-state index contributed by atoms with van der Waals surface area (Å²) in [7, 11) is 1.87. The molecule has 1 fully saturated rings. The number of nitrogens with zero attached hydrogens (tertiary/aromatic N) is 2. The van der Waals surface area contributed by atoms with Crippen molar-refractivity contribution in [3.05, 3.63) is 0 Å². The number of rotatable bonds is 6. The predicted molar refractivity (Wildman–Crippen MR) is 108 cm³/mol. The summed E-state index contributed by atoms with van der Waals surface area (Å²) in [5.41, 5.74) is 0.421. The van der Waals surface area contributed by atoms with Crippen molar-refractivity contribution in [3.63, 3.8) is 0 Å². The number of piperidine rings is 1. The number of guanidine groups is 1. The maximum atomic E-state index is 4.35. The number of aliphatic imine (C=N–C) groups is 1. The van der Waals surface area contributed by atoms with Gasteiger partial charge in [-0.05, 0) is 44.1 Å². The minimum atomic E-state index is 0. The lowest BCUT2D eigenvalue weighted by atomic mass is 9.91. The van der Waals surface area contributed by atoms with Crippen LogP contribution in [0.1, 0.15) is 59.8 Å². The van der Waals surface area contributed by atoms with Gasteiger partial charge >= 0.3 is 0 Å². The van der Waals surface area contributed by atoms with Crippen LogP contribution in [0.3, 0.4) is 0 Å². The second-order valence-corrected chi connectivity index (χ2v) is 7.42. The summed E-state index contributed by atoms with van der Waals surface area (Å²) in [6.07, 6.45) is 6.14. The van der Waals surface area contributed by atoms with Crippen LogP contribution in [0.25, 0.3) is 0 Å². The maximum absolute atomic E-state index is 4.35. The zero-order valence-corrected chi connectivity index (χ0v) is 17.6. The van der Waals surface area contributed by atoms with E-state index in [0.29, 0.717) is 11.5 Å². The van der Waals surface area contributed by atoms with E-state index in [1.807, 2.05) is 7.05 Å². The molecule has 0 aromatic rings. The van der Waals surface area contributed by atoms with Gasteiger partial charge < -0.3 is 15.5 Å². The average molecular weight is 424 g/mol. The molecule has 0 radical (unpaired) electrons. The molecule has 2 N–H and O–H groups in total. The fraction of sp³-hybridized carbons (Fsp3) is 0.941. The van der Waals surface area contributed by atoms with Crippen LogP contribution in [0.4, 0.5) is 0 Å². The highest BCUT2D eigenvalue weighted by atomic mass is 127. The summed E-state index contributed by atoms with van der Waals surface area (Å²) in [6, 6.07) is 0.576. The molecule has 0 bridgehead atoms. The van der Waals surface area contributed by atoms with Crippen LogP contribution in [0.5, 0.6) is 0 Å². The van der Waals surface area contributed by atoms with Gasteiger partial charge in [-0.1, -0.05) is 27.7 Å². The minimum absolute atomic E-state index is 0. The zero-order chi connectivity index (χ0) is 15.7. The van der Waals surface area contributed by atoms with Gasteiger partial charge in [0.2, 0.25) is 0 Å². The molecule has 0 aromatic heterocycles. The van der Waals surface area contributed by atoms with Gasteiger partial charge in [0.1, 0.15) is 0 Å². The number of nitrogens with one attached hydrogen (secondary N) is 2. The first-order valence-corrected chi connectivity index (χ1v) is 8.64. The first-order valence-electron chi connectivity index (χ1n) is 8.64. The number of likely N-dealkylation sites (tertiary alicyclic amines) is 1. The molecule has 0 unspecified atom stereocenters. The van der Waals surface area contributed by atoms with Crippen LogP contribution in [0, 0.1) is 5.41 Å². The van der Waals surface area contributed by atoms with Crippen molar-refractivity contribution in [2.45, 2.75) is 65.8 Å². The number of halogens is 1.